The van der Waals surface area contributed by atoms with Crippen molar-refractivity contribution in [2.45, 2.75) is 32.9 Å². The van der Waals surface area contributed by atoms with E-state index >= 15 is 0 Å². The third-order valence-electron chi connectivity index (χ3n) is 3.29. The van der Waals surface area contributed by atoms with E-state index in [1.165, 1.54) is 15.3 Å². The van der Waals surface area contributed by atoms with Crippen molar-refractivity contribution >= 4 is 11.3 Å². The zero-order chi connectivity index (χ0) is 13.8. The molecule has 102 valence electrons. The first-order chi connectivity index (χ1) is 9.11. The fourth-order valence-electron chi connectivity index (χ4n) is 2.26. The highest BCUT2D eigenvalue weighted by atomic mass is 32.1. The predicted molar refractivity (Wildman–Crippen MR) is 82.0 cm³/mol. The van der Waals surface area contributed by atoms with Gasteiger partial charge in [-0.2, -0.15) is 0 Å². The van der Waals surface area contributed by atoms with Crippen molar-refractivity contribution in [2.24, 2.45) is 0 Å². The fraction of sp³-hybridized carbons (Fsp3) is 0.375. The van der Waals surface area contributed by atoms with E-state index in [2.05, 4.69) is 50.4 Å². The zero-order valence-corrected chi connectivity index (χ0v) is 12.8. The molecule has 1 aromatic heterocycles. The number of ether oxygens (including phenoxy) is 1. The van der Waals surface area contributed by atoms with Gasteiger partial charge in [-0.25, -0.2) is 0 Å². The van der Waals surface area contributed by atoms with Crippen LogP contribution < -0.4 is 10.1 Å². The van der Waals surface area contributed by atoms with Crippen LogP contribution >= 0.6 is 11.3 Å². The molecule has 0 bridgehead atoms. The monoisotopic (exact) mass is 275 g/mol. The van der Waals surface area contributed by atoms with Crippen LogP contribution in [0.1, 0.15) is 41.2 Å². The first kappa shape index (κ1) is 14.1. The molecule has 2 atom stereocenters. The summed E-state index contributed by atoms with van der Waals surface area (Å²) in [5.74, 6) is 0.942. The Morgan fingerprint density at radius 3 is 2.42 bits per heavy atom. The van der Waals surface area contributed by atoms with Crippen LogP contribution in [0.2, 0.25) is 0 Å². The van der Waals surface area contributed by atoms with E-state index in [4.69, 9.17) is 4.74 Å². The quantitative estimate of drug-likeness (QED) is 0.869. The van der Waals surface area contributed by atoms with Crippen molar-refractivity contribution in [3.8, 4) is 5.75 Å². The van der Waals surface area contributed by atoms with E-state index < -0.39 is 0 Å². The van der Waals surface area contributed by atoms with Gasteiger partial charge in [-0.15, -0.1) is 11.3 Å². The summed E-state index contributed by atoms with van der Waals surface area (Å²) in [5.41, 5.74) is 1.20. The minimum atomic E-state index is 0.258. The van der Waals surface area contributed by atoms with E-state index in [1.807, 2.05) is 23.5 Å². The molecule has 2 aromatic rings. The maximum Gasteiger partial charge on any atom is 0.123 e. The minimum Gasteiger partial charge on any atom is -0.496 e. The molecule has 1 N–H and O–H groups in total. The number of aryl methyl sites for hydroxylation is 1. The van der Waals surface area contributed by atoms with Crippen LogP contribution in [0, 0.1) is 6.92 Å². The van der Waals surface area contributed by atoms with Gasteiger partial charge in [0, 0.05) is 27.4 Å². The molecule has 0 aliphatic carbocycles. The second kappa shape index (κ2) is 6.22. The Kier molecular flexibility index (Phi) is 4.61. The van der Waals surface area contributed by atoms with Gasteiger partial charge < -0.3 is 10.1 Å². The standard InChI is InChI=1S/C16H21NOS/c1-11-9-10-16(19-11)13(3)17-12(2)14-7-5-6-8-15(14)18-4/h5-10,12-13,17H,1-4H3/t12-,13?/m1/s1. The topological polar surface area (TPSA) is 21.3 Å². The summed E-state index contributed by atoms with van der Waals surface area (Å²) in [6.45, 7) is 6.52. The molecule has 0 amide bonds. The molecular formula is C16H21NOS. The number of hydrogen-bond acceptors (Lipinski definition) is 3. The summed E-state index contributed by atoms with van der Waals surface area (Å²) in [6, 6.07) is 13.2. The lowest BCUT2D eigenvalue weighted by Gasteiger charge is -2.21. The SMILES string of the molecule is COc1ccccc1[C@@H](C)NC(C)c1ccc(C)s1. The van der Waals surface area contributed by atoms with Gasteiger partial charge in [-0.05, 0) is 39.0 Å². The molecular weight excluding hydrogens is 254 g/mol. The Balaban J connectivity index is 2.10. The lowest BCUT2D eigenvalue weighted by molar-refractivity contribution is 0.397. The molecule has 0 radical (unpaired) electrons. The zero-order valence-electron chi connectivity index (χ0n) is 11.9. The number of hydrogen-bond donors (Lipinski definition) is 1. The summed E-state index contributed by atoms with van der Waals surface area (Å²) in [6.07, 6.45) is 0. The van der Waals surface area contributed by atoms with Crippen LogP contribution in [0.15, 0.2) is 36.4 Å². The van der Waals surface area contributed by atoms with E-state index in [1.54, 1.807) is 7.11 Å². The molecule has 3 heteroatoms. The molecule has 0 spiro atoms. The third kappa shape index (κ3) is 3.37. The Labute approximate surface area is 119 Å². The van der Waals surface area contributed by atoms with Crippen molar-refractivity contribution in [1.82, 2.24) is 5.32 Å². The van der Waals surface area contributed by atoms with Gasteiger partial charge in [0.1, 0.15) is 5.75 Å². The summed E-state index contributed by atoms with van der Waals surface area (Å²) in [5, 5.41) is 3.63. The highest BCUT2D eigenvalue weighted by Gasteiger charge is 2.15. The lowest BCUT2D eigenvalue weighted by Crippen LogP contribution is -2.22. The number of thiophene rings is 1. The maximum absolute atomic E-state index is 5.42. The number of para-hydroxylation sites is 1. The lowest BCUT2D eigenvalue weighted by atomic mass is 10.1. The van der Waals surface area contributed by atoms with Crippen LogP contribution in [0.3, 0.4) is 0 Å². The van der Waals surface area contributed by atoms with E-state index in [-0.39, 0.29) is 6.04 Å². The Hall–Kier alpha value is -1.32. The fourth-order valence-corrected chi connectivity index (χ4v) is 3.15. The van der Waals surface area contributed by atoms with Gasteiger partial charge in [0.15, 0.2) is 0 Å². The Morgan fingerprint density at radius 1 is 1.05 bits per heavy atom. The smallest absolute Gasteiger partial charge is 0.123 e. The van der Waals surface area contributed by atoms with Crippen LogP contribution in [-0.2, 0) is 0 Å². The average molecular weight is 275 g/mol. The number of nitrogens with one attached hydrogen (secondary N) is 1. The first-order valence-electron chi connectivity index (χ1n) is 6.57. The van der Waals surface area contributed by atoms with Gasteiger partial charge in [-0.1, -0.05) is 18.2 Å². The van der Waals surface area contributed by atoms with E-state index in [0.29, 0.717) is 6.04 Å². The van der Waals surface area contributed by atoms with Crippen molar-refractivity contribution in [1.29, 1.82) is 0 Å². The number of methoxy groups -OCH3 is 1. The van der Waals surface area contributed by atoms with Crippen molar-refractivity contribution in [3.63, 3.8) is 0 Å². The predicted octanol–water partition coefficient (Wildman–Crippen LogP) is 4.48. The van der Waals surface area contributed by atoms with Crippen LogP contribution in [0.25, 0.3) is 0 Å². The van der Waals surface area contributed by atoms with Crippen LogP contribution in [0.5, 0.6) is 5.75 Å². The van der Waals surface area contributed by atoms with Gasteiger partial charge in [0.05, 0.1) is 7.11 Å². The van der Waals surface area contributed by atoms with Gasteiger partial charge in [-0.3, -0.25) is 0 Å². The van der Waals surface area contributed by atoms with Crippen LogP contribution in [0.4, 0.5) is 0 Å². The third-order valence-corrected chi connectivity index (χ3v) is 4.48. The average Bonchev–Trinajstić information content (AvgIpc) is 2.85. The number of rotatable bonds is 5. The van der Waals surface area contributed by atoms with Crippen LogP contribution in [-0.4, -0.2) is 7.11 Å². The molecule has 2 nitrogen and oxygen atoms in total. The minimum absolute atomic E-state index is 0.258. The van der Waals surface area contributed by atoms with E-state index in [0.717, 1.165) is 5.75 Å². The molecule has 1 heterocycles. The highest BCUT2D eigenvalue weighted by Crippen LogP contribution is 2.28. The van der Waals surface area contributed by atoms with Gasteiger partial charge >= 0.3 is 0 Å². The molecule has 0 saturated heterocycles. The molecule has 0 saturated carbocycles. The Bertz CT molecular complexity index is 535. The second-order valence-electron chi connectivity index (χ2n) is 4.80. The molecule has 0 fully saturated rings. The van der Waals surface area contributed by atoms with Crippen molar-refractivity contribution < 1.29 is 4.74 Å². The molecule has 0 aliphatic rings. The highest BCUT2D eigenvalue weighted by molar-refractivity contribution is 7.12. The largest absolute Gasteiger partial charge is 0.496 e. The summed E-state index contributed by atoms with van der Waals surface area (Å²) < 4.78 is 5.42. The normalized spacial score (nSPS) is 14.1. The maximum atomic E-state index is 5.42. The molecule has 2 rings (SSSR count). The van der Waals surface area contributed by atoms with E-state index in [9.17, 15) is 0 Å². The Morgan fingerprint density at radius 2 is 1.79 bits per heavy atom. The molecule has 1 aromatic carbocycles. The van der Waals surface area contributed by atoms with Crippen molar-refractivity contribution in [3.05, 3.63) is 51.7 Å². The van der Waals surface area contributed by atoms with Gasteiger partial charge in [0.25, 0.3) is 0 Å². The summed E-state index contributed by atoms with van der Waals surface area (Å²) in [4.78, 5) is 2.73. The van der Waals surface area contributed by atoms with Crippen molar-refractivity contribution in [2.75, 3.05) is 7.11 Å². The second-order valence-corrected chi connectivity index (χ2v) is 6.12. The molecule has 19 heavy (non-hydrogen) atoms. The molecule has 0 aliphatic heterocycles. The number of benzene rings is 1. The molecule has 1 unspecified atom stereocenters. The first-order valence-corrected chi connectivity index (χ1v) is 7.38. The van der Waals surface area contributed by atoms with Gasteiger partial charge in [0.2, 0.25) is 0 Å². The summed E-state index contributed by atoms with van der Waals surface area (Å²) >= 11 is 1.85. The summed E-state index contributed by atoms with van der Waals surface area (Å²) in [7, 11) is 1.72.